The highest BCUT2D eigenvalue weighted by Crippen LogP contribution is 2.33. The number of hydrogen-bond donors (Lipinski definition) is 1. The van der Waals surface area contributed by atoms with Crippen LogP contribution in [-0.2, 0) is 24.1 Å². The van der Waals surface area contributed by atoms with Crippen LogP contribution in [0.4, 0.5) is 13.2 Å². The molecule has 0 radical (unpaired) electrons. The fourth-order valence-electron chi connectivity index (χ4n) is 2.55. The van der Waals surface area contributed by atoms with Gasteiger partial charge in [0.2, 0.25) is 5.91 Å². The molecular formula is C17H15F3N4O. The second-order valence-corrected chi connectivity index (χ2v) is 5.48. The highest BCUT2D eigenvalue weighted by Gasteiger charge is 2.35. The Morgan fingerprint density at radius 1 is 1.20 bits per heavy atom. The summed E-state index contributed by atoms with van der Waals surface area (Å²) in [7, 11) is 0. The van der Waals surface area contributed by atoms with Gasteiger partial charge in [-0.1, -0.05) is 6.07 Å². The molecule has 8 heteroatoms. The van der Waals surface area contributed by atoms with Gasteiger partial charge in [0.25, 0.3) is 0 Å². The van der Waals surface area contributed by atoms with E-state index in [-0.39, 0.29) is 31.1 Å². The minimum Gasteiger partial charge on any atom is -0.352 e. The predicted octanol–water partition coefficient (Wildman–Crippen LogP) is 3.16. The van der Waals surface area contributed by atoms with Gasteiger partial charge in [0, 0.05) is 43.5 Å². The lowest BCUT2D eigenvalue weighted by Crippen LogP contribution is -2.25. The van der Waals surface area contributed by atoms with Crippen LogP contribution in [-0.4, -0.2) is 20.4 Å². The molecule has 0 saturated heterocycles. The van der Waals surface area contributed by atoms with Crippen molar-refractivity contribution in [3.05, 3.63) is 60.2 Å². The maximum atomic E-state index is 13.2. The van der Waals surface area contributed by atoms with Crippen LogP contribution in [0.2, 0.25) is 0 Å². The van der Waals surface area contributed by atoms with Crippen molar-refractivity contribution in [1.29, 1.82) is 0 Å². The van der Waals surface area contributed by atoms with Crippen molar-refractivity contribution in [2.75, 3.05) is 0 Å². The smallest absolute Gasteiger partial charge is 0.352 e. The molecule has 3 rings (SSSR count). The van der Waals surface area contributed by atoms with Gasteiger partial charge in [-0.3, -0.25) is 9.78 Å². The number of pyridine rings is 2. The summed E-state index contributed by atoms with van der Waals surface area (Å²) in [5.74, 6) is -0.338. The molecule has 0 aromatic carbocycles. The molecule has 0 aliphatic rings. The number of aryl methyl sites for hydroxylation is 1. The summed E-state index contributed by atoms with van der Waals surface area (Å²) < 4.78 is 40.7. The van der Waals surface area contributed by atoms with E-state index in [0.29, 0.717) is 5.39 Å². The first kappa shape index (κ1) is 16.9. The third-order valence-electron chi connectivity index (χ3n) is 3.72. The van der Waals surface area contributed by atoms with Crippen molar-refractivity contribution in [2.24, 2.45) is 0 Å². The van der Waals surface area contributed by atoms with Crippen LogP contribution in [0.3, 0.4) is 0 Å². The van der Waals surface area contributed by atoms with Gasteiger partial charge in [0.1, 0.15) is 11.3 Å². The van der Waals surface area contributed by atoms with E-state index in [1.807, 2.05) is 0 Å². The summed E-state index contributed by atoms with van der Waals surface area (Å²) in [5, 5.41) is 3.07. The van der Waals surface area contributed by atoms with Crippen LogP contribution in [0.25, 0.3) is 11.0 Å². The second kappa shape index (κ2) is 6.92. The van der Waals surface area contributed by atoms with Crippen LogP contribution in [0, 0.1) is 0 Å². The molecule has 0 unspecified atom stereocenters. The number of amides is 1. The molecular weight excluding hydrogens is 333 g/mol. The number of hydrogen-bond acceptors (Lipinski definition) is 3. The average Bonchev–Trinajstić information content (AvgIpc) is 2.98. The Hall–Kier alpha value is -2.90. The molecule has 0 fully saturated rings. The Labute approximate surface area is 141 Å². The topological polar surface area (TPSA) is 59.8 Å². The molecule has 3 heterocycles. The highest BCUT2D eigenvalue weighted by molar-refractivity contribution is 5.79. The van der Waals surface area contributed by atoms with Crippen molar-refractivity contribution in [1.82, 2.24) is 19.9 Å². The van der Waals surface area contributed by atoms with Crippen LogP contribution >= 0.6 is 0 Å². The summed E-state index contributed by atoms with van der Waals surface area (Å²) in [5.41, 5.74) is 0.232. The van der Waals surface area contributed by atoms with Gasteiger partial charge in [0.15, 0.2) is 0 Å². The van der Waals surface area contributed by atoms with Crippen LogP contribution in [0.1, 0.15) is 17.7 Å². The maximum absolute atomic E-state index is 13.2. The number of alkyl halides is 3. The first-order valence-electron chi connectivity index (χ1n) is 7.62. The van der Waals surface area contributed by atoms with Crippen molar-refractivity contribution in [2.45, 2.75) is 25.7 Å². The quantitative estimate of drug-likeness (QED) is 0.770. The lowest BCUT2D eigenvalue weighted by Gasteiger charge is -2.12. The second-order valence-electron chi connectivity index (χ2n) is 5.48. The largest absolute Gasteiger partial charge is 0.431 e. The van der Waals surface area contributed by atoms with E-state index in [1.54, 1.807) is 36.7 Å². The van der Waals surface area contributed by atoms with Crippen LogP contribution in [0.15, 0.2) is 48.9 Å². The first-order chi connectivity index (χ1) is 11.9. The number of rotatable bonds is 5. The van der Waals surface area contributed by atoms with Crippen LogP contribution < -0.4 is 5.32 Å². The zero-order chi connectivity index (χ0) is 17.9. The standard InChI is InChI=1S/C17H15F3N4O/c18-17(19,20)14-9-13-4-2-7-22-16(13)24(14)8-5-15(25)23-11-12-3-1-6-21-10-12/h1-4,6-7,9-10H,5,8,11H2,(H,23,25). The lowest BCUT2D eigenvalue weighted by atomic mass is 10.3. The zero-order valence-corrected chi connectivity index (χ0v) is 13.1. The van der Waals surface area contributed by atoms with E-state index in [0.717, 1.165) is 16.2 Å². The molecule has 130 valence electrons. The third-order valence-corrected chi connectivity index (χ3v) is 3.72. The third kappa shape index (κ3) is 3.96. The molecule has 5 nitrogen and oxygen atoms in total. The summed E-state index contributed by atoms with van der Waals surface area (Å²) in [4.78, 5) is 19.9. The van der Waals surface area contributed by atoms with Gasteiger partial charge < -0.3 is 9.88 Å². The summed E-state index contributed by atoms with van der Waals surface area (Å²) >= 11 is 0. The van der Waals surface area contributed by atoms with E-state index in [9.17, 15) is 18.0 Å². The Morgan fingerprint density at radius 3 is 2.72 bits per heavy atom. The van der Waals surface area contributed by atoms with Gasteiger partial charge >= 0.3 is 6.18 Å². The molecule has 25 heavy (non-hydrogen) atoms. The fraction of sp³-hybridized carbons (Fsp3) is 0.235. The number of carbonyl (C=O) groups excluding carboxylic acids is 1. The molecule has 0 aliphatic carbocycles. The predicted molar refractivity (Wildman–Crippen MR) is 85.4 cm³/mol. The molecule has 1 N–H and O–H groups in total. The number of carbonyl (C=O) groups is 1. The van der Waals surface area contributed by atoms with Gasteiger partial charge in [0.05, 0.1) is 0 Å². The number of halogens is 3. The van der Waals surface area contributed by atoms with E-state index in [2.05, 4.69) is 15.3 Å². The number of nitrogens with one attached hydrogen (secondary N) is 1. The minimum absolute atomic E-state index is 0.0797. The van der Waals surface area contributed by atoms with Crippen LogP contribution in [0.5, 0.6) is 0 Å². The normalized spacial score (nSPS) is 11.6. The molecule has 0 bridgehead atoms. The number of aromatic nitrogens is 3. The zero-order valence-electron chi connectivity index (χ0n) is 13.1. The monoisotopic (exact) mass is 348 g/mol. The van der Waals surface area contributed by atoms with Gasteiger partial charge in [-0.25, -0.2) is 4.98 Å². The van der Waals surface area contributed by atoms with E-state index >= 15 is 0 Å². The molecule has 0 aliphatic heterocycles. The van der Waals surface area contributed by atoms with Crippen molar-refractivity contribution in [3.63, 3.8) is 0 Å². The summed E-state index contributed by atoms with van der Waals surface area (Å²) in [6, 6.07) is 7.74. The number of nitrogens with zero attached hydrogens (tertiary/aromatic N) is 3. The number of fused-ring (bicyclic) bond motifs is 1. The Kier molecular flexibility index (Phi) is 4.69. The lowest BCUT2D eigenvalue weighted by molar-refractivity contribution is -0.143. The fourth-order valence-corrected chi connectivity index (χ4v) is 2.55. The Morgan fingerprint density at radius 2 is 2.00 bits per heavy atom. The van der Waals surface area contributed by atoms with E-state index < -0.39 is 11.9 Å². The molecule has 3 aromatic heterocycles. The van der Waals surface area contributed by atoms with Crippen molar-refractivity contribution >= 4 is 16.9 Å². The van der Waals surface area contributed by atoms with E-state index in [1.165, 1.54) is 6.20 Å². The van der Waals surface area contributed by atoms with Gasteiger partial charge in [-0.2, -0.15) is 13.2 Å². The first-order valence-corrected chi connectivity index (χ1v) is 7.62. The van der Waals surface area contributed by atoms with Gasteiger partial charge in [-0.05, 0) is 29.8 Å². The highest BCUT2D eigenvalue weighted by atomic mass is 19.4. The van der Waals surface area contributed by atoms with Gasteiger partial charge in [-0.15, -0.1) is 0 Å². The minimum atomic E-state index is -4.51. The summed E-state index contributed by atoms with van der Waals surface area (Å²) in [6.45, 7) is 0.178. The van der Waals surface area contributed by atoms with Crippen molar-refractivity contribution in [3.8, 4) is 0 Å². The Balaban J connectivity index is 1.71. The molecule has 0 saturated carbocycles. The molecule has 3 aromatic rings. The summed E-state index contributed by atoms with van der Waals surface area (Å²) in [6.07, 6.45) is 0.0809. The van der Waals surface area contributed by atoms with Crippen molar-refractivity contribution < 1.29 is 18.0 Å². The SMILES string of the molecule is O=C(CCn1c(C(F)(F)F)cc2cccnc21)NCc1cccnc1. The molecule has 1 amide bonds. The average molecular weight is 348 g/mol. The van der Waals surface area contributed by atoms with E-state index in [4.69, 9.17) is 0 Å². The maximum Gasteiger partial charge on any atom is 0.431 e. The Bertz CT molecular complexity index is 874. The molecule has 0 spiro atoms. The molecule has 0 atom stereocenters.